The summed E-state index contributed by atoms with van der Waals surface area (Å²) in [5.41, 5.74) is 5.47. The lowest BCUT2D eigenvalue weighted by Gasteiger charge is -2.31. The summed E-state index contributed by atoms with van der Waals surface area (Å²) in [6.45, 7) is 1.10. The molecule has 3 N–H and O–H groups in total. The fourth-order valence-corrected chi connectivity index (χ4v) is 2.67. The second-order valence-corrected chi connectivity index (χ2v) is 5.45. The number of oxime groups is 1. The zero-order chi connectivity index (χ0) is 13.1. The van der Waals surface area contributed by atoms with Crippen LogP contribution in [0.2, 0.25) is 4.34 Å². The molecule has 0 aliphatic carbocycles. The van der Waals surface area contributed by atoms with Crippen molar-refractivity contribution in [3.05, 3.63) is 21.3 Å². The Hall–Kier alpha value is -1.31. The van der Waals surface area contributed by atoms with Gasteiger partial charge in [0.25, 0.3) is 5.91 Å². The van der Waals surface area contributed by atoms with Crippen LogP contribution in [0, 0.1) is 0 Å². The van der Waals surface area contributed by atoms with Crippen molar-refractivity contribution < 1.29 is 14.7 Å². The highest BCUT2D eigenvalue weighted by Gasteiger charge is 2.28. The van der Waals surface area contributed by atoms with E-state index in [1.165, 1.54) is 11.3 Å². The van der Waals surface area contributed by atoms with E-state index in [9.17, 15) is 4.79 Å². The lowest BCUT2D eigenvalue weighted by molar-refractivity contribution is 0.00699. The number of carbonyl (C=O) groups is 1. The van der Waals surface area contributed by atoms with Gasteiger partial charge in [0.05, 0.1) is 22.4 Å². The van der Waals surface area contributed by atoms with Crippen LogP contribution in [0.5, 0.6) is 0 Å². The second-order valence-electron chi connectivity index (χ2n) is 3.74. The molecule has 1 aromatic rings. The molecule has 0 bridgehead atoms. The average molecular weight is 290 g/mol. The third-order valence-corrected chi connectivity index (χ3v) is 3.80. The first-order valence-corrected chi connectivity index (χ1v) is 6.45. The predicted octanol–water partition coefficient (Wildman–Crippen LogP) is 0.989. The van der Waals surface area contributed by atoms with Gasteiger partial charge in [-0.2, -0.15) is 0 Å². The summed E-state index contributed by atoms with van der Waals surface area (Å²) in [6.07, 6.45) is -0.567. The topological polar surface area (TPSA) is 88.2 Å². The van der Waals surface area contributed by atoms with E-state index in [1.807, 2.05) is 0 Å². The molecule has 1 aliphatic rings. The molecule has 1 unspecified atom stereocenters. The van der Waals surface area contributed by atoms with Gasteiger partial charge in [-0.1, -0.05) is 16.8 Å². The monoisotopic (exact) mass is 289 g/mol. The Morgan fingerprint density at radius 1 is 1.67 bits per heavy atom. The molecule has 1 aromatic heterocycles. The summed E-state index contributed by atoms with van der Waals surface area (Å²) < 4.78 is 5.89. The number of hydrogen-bond acceptors (Lipinski definition) is 5. The van der Waals surface area contributed by atoms with Crippen molar-refractivity contribution in [1.82, 2.24) is 4.90 Å². The first-order chi connectivity index (χ1) is 8.61. The molecular formula is C10H12ClN3O3S. The van der Waals surface area contributed by atoms with Crippen LogP contribution in [0.1, 0.15) is 9.67 Å². The molecule has 1 aliphatic heterocycles. The summed E-state index contributed by atoms with van der Waals surface area (Å²) >= 11 is 7.02. The van der Waals surface area contributed by atoms with E-state index in [4.69, 9.17) is 27.3 Å². The largest absolute Gasteiger partial charge is 0.409 e. The summed E-state index contributed by atoms with van der Waals surface area (Å²) in [5.74, 6) is -0.150. The molecular weight excluding hydrogens is 278 g/mol. The van der Waals surface area contributed by atoms with Gasteiger partial charge in [0.15, 0.2) is 5.84 Å². The summed E-state index contributed by atoms with van der Waals surface area (Å²) in [4.78, 5) is 14.3. The fourth-order valence-electron chi connectivity index (χ4n) is 1.66. The normalized spacial score (nSPS) is 21.1. The van der Waals surface area contributed by atoms with E-state index in [-0.39, 0.29) is 18.3 Å². The Labute approximate surface area is 113 Å². The van der Waals surface area contributed by atoms with Crippen LogP contribution in [0.25, 0.3) is 0 Å². The molecule has 6 nitrogen and oxygen atoms in total. The van der Waals surface area contributed by atoms with Gasteiger partial charge in [-0.15, -0.1) is 11.3 Å². The van der Waals surface area contributed by atoms with Gasteiger partial charge in [-0.3, -0.25) is 4.79 Å². The van der Waals surface area contributed by atoms with E-state index in [0.717, 1.165) is 0 Å². The Morgan fingerprint density at radius 2 is 2.44 bits per heavy atom. The molecule has 1 saturated heterocycles. The van der Waals surface area contributed by atoms with Crippen molar-refractivity contribution in [2.24, 2.45) is 10.9 Å². The molecule has 98 valence electrons. The Balaban J connectivity index is 2.07. The molecule has 2 rings (SSSR count). The van der Waals surface area contributed by atoms with Gasteiger partial charge in [-0.05, 0) is 12.1 Å². The number of nitrogens with zero attached hydrogens (tertiary/aromatic N) is 2. The molecule has 0 aromatic carbocycles. The summed E-state index contributed by atoms with van der Waals surface area (Å²) in [5, 5.41) is 11.5. The Morgan fingerprint density at radius 3 is 3.06 bits per heavy atom. The molecule has 0 spiro atoms. The number of morpholine rings is 1. The van der Waals surface area contributed by atoms with Crippen molar-refractivity contribution in [1.29, 1.82) is 0 Å². The molecule has 1 amide bonds. The van der Waals surface area contributed by atoms with Gasteiger partial charge in [0, 0.05) is 6.54 Å². The van der Waals surface area contributed by atoms with Crippen molar-refractivity contribution >= 4 is 34.7 Å². The highest BCUT2D eigenvalue weighted by molar-refractivity contribution is 7.17. The summed E-state index contributed by atoms with van der Waals surface area (Å²) in [7, 11) is 0. The quantitative estimate of drug-likeness (QED) is 0.368. The zero-order valence-corrected chi connectivity index (χ0v) is 10.9. The molecule has 1 atom stereocenters. The van der Waals surface area contributed by atoms with Gasteiger partial charge in [0.2, 0.25) is 0 Å². The third kappa shape index (κ3) is 2.74. The number of hydrogen-bond donors (Lipinski definition) is 2. The SMILES string of the molecule is N/C(=N\O)C1CN(C(=O)c2ccc(Cl)s2)CCO1. The van der Waals surface area contributed by atoms with E-state index in [2.05, 4.69) is 5.16 Å². The van der Waals surface area contributed by atoms with E-state index in [1.54, 1.807) is 17.0 Å². The molecule has 0 saturated carbocycles. The van der Waals surface area contributed by atoms with Crippen LogP contribution >= 0.6 is 22.9 Å². The van der Waals surface area contributed by atoms with Crippen LogP contribution in [0.4, 0.5) is 0 Å². The number of amidine groups is 1. The smallest absolute Gasteiger partial charge is 0.264 e. The standard InChI is InChI=1S/C10H12ClN3O3S/c11-8-2-1-7(18-8)10(15)14-3-4-17-6(5-14)9(12)13-16/h1-2,6,16H,3-5H2,(H2,12,13). The van der Waals surface area contributed by atoms with Crippen molar-refractivity contribution in [3.63, 3.8) is 0 Å². The second kappa shape index (κ2) is 5.55. The minimum atomic E-state index is -0.567. The highest BCUT2D eigenvalue weighted by atomic mass is 35.5. The van der Waals surface area contributed by atoms with Crippen LogP contribution in [-0.4, -0.2) is 47.7 Å². The van der Waals surface area contributed by atoms with Crippen molar-refractivity contribution in [2.75, 3.05) is 19.7 Å². The minimum absolute atomic E-state index is 0.0308. The number of amides is 1. The lowest BCUT2D eigenvalue weighted by Crippen LogP contribution is -2.50. The van der Waals surface area contributed by atoms with Crippen molar-refractivity contribution in [2.45, 2.75) is 6.10 Å². The number of rotatable bonds is 2. The highest BCUT2D eigenvalue weighted by Crippen LogP contribution is 2.23. The number of nitrogens with two attached hydrogens (primary N) is 1. The first kappa shape index (κ1) is 13.1. The van der Waals surface area contributed by atoms with Gasteiger partial charge < -0.3 is 20.6 Å². The van der Waals surface area contributed by atoms with Crippen LogP contribution in [0.15, 0.2) is 17.3 Å². The van der Waals surface area contributed by atoms with Crippen LogP contribution < -0.4 is 5.73 Å². The molecule has 2 heterocycles. The fraction of sp³-hybridized carbons (Fsp3) is 0.400. The Bertz CT molecular complexity index is 477. The first-order valence-electron chi connectivity index (χ1n) is 5.25. The van der Waals surface area contributed by atoms with Gasteiger partial charge in [0.1, 0.15) is 6.10 Å². The van der Waals surface area contributed by atoms with Crippen LogP contribution in [-0.2, 0) is 4.74 Å². The zero-order valence-electron chi connectivity index (χ0n) is 9.38. The molecule has 0 radical (unpaired) electrons. The number of ether oxygens (including phenoxy) is 1. The van der Waals surface area contributed by atoms with Gasteiger partial charge >= 0.3 is 0 Å². The molecule has 18 heavy (non-hydrogen) atoms. The number of thiophene rings is 1. The number of halogens is 1. The maximum atomic E-state index is 12.1. The summed E-state index contributed by atoms with van der Waals surface area (Å²) in [6, 6.07) is 3.37. The number of carbonyl (C=O) groups excluding carboxylic acids is 1. The molecule has 1 fully saturated rings. The van der Waals surface area contributed by atoms with Gasteiger partial charge in [-0.25, -0.2) is 0 Å². The minimum Gasteiger partial charge on any atom is -0.409 e. The maximum Gasteiger partial charge on any atom is 0.264 e. The Kier molecular flexibility index (Phi) is 4.05. The maximum absolute atomic E-state index is 12.1. The van der Waals surface area contributed by atoms with Crippen molar-refractivity contribution in [3.8, 4) is 0 Å². The average Bonchev–Trinajstić information content (AvgIpc) is 2.83. The van der Waals surface area contributed by atoms with E-state index in [0.29, 0.717) is 22.4 Å². The van der Waals surface area contributed by atoms with E-state index >= 15 is 0 Å². The van der Waals surface area contributed by atoms with E-state index < -0.39 is 6.10 Å². The van der Waals surface area contributed by atoms with Crippen LogP contribution in [0.3, 0.4) is 0 Å². The predicted molar refractivity (Wildman–Crippen MR) is 68.4 cm³/mol. The molecule has 8 heteroatoms. The third-order valence-electron chi connectivity index (χ3n) is 2.58. The lowest BCUT2D eigenvalue weighted by atomic mass is 10.2.